The molecule has 4 rings (SSSR count). The SMILES string of the molecule is COc1ccc(-n2nc(C(O)c3ccc(Cl)cc3)cc2-c2ccc(C)cc2)cc1. The largest absolute Gasteiger partial charge is 0.497 e. The van der Waals surface area contributed by atoms with Crippen molar-refractivity contribution in [2.45, 2.75) is 13.0 Å². The lowest BCUT2D eigenvalue weighted by Crippen LogP contribution is -2.03. The lowest BCUT2D eigenvalue weighted by molar-refractivity contribution is 0.214. The first-order valence-corrected chi connectivity index (χ1v) is 9.68. The minimum Gasteiger partial charge on any atom is -0.497 e. The molecule has 0 amide bonds. The molecule has 4 aromatic rings. The number of hydrogen-bond donors (Lipinski definition) is 1. The minimum absolute atomic E-state index is 0.568. The highest BCUT2D eigenvalue weighted by Crippen LogP contribution is 2.30. The highest BCUT2D eigenvalue weighted by molar-refractivity contribution is 6.30. The number of aliphatic hydroxyl groups excluding tert-OH is 1. The zero-order chi connectivity index (χ0) is 20.4. The molecule has 0 saturated heterocycles. The van der Waals surface area contributed by atoms with E-state index in [0.717, 1.165) is 28.3 Å². The molecule has 0 saturated carbocycles. The van der Waals surface area contributed by atoms with Crippen molar-refractivity contribution in [1.29, 1.82) is 0 Å². The van der Waals surface area contributed by atoms with E-state index in [4.69, 9.17) is 21.4 Å². The summed E-state index contributed by atoms with van der Waals surface area (Å²) in [6, 6.07) is 25.0. The fourth-order valence-electron chi connectivity index (χ4n) is 3.20. The molecule has 0 bridgehead atoms. The van der Waals surface area contributed by atoms with E-state index < -0.39 is 6.10 Å². The molecule has 0 spiro atoms. The van der Waals surface area contributed by atoms with Gasteiger partial charge in [-0.25, -0.2) is 4.68 Å². The summed E-state index contributed by atoms with van der Waals surface area (Å²) in [7, 11) is 1.64. The van der Waals surface area contributed by atoms with Crippen LogP contribution in [0.2, 0.25) is 5.02 Å². The number of ether oxygens (including phenoxy) is 1. The molecule has 0 fully saturated rings. The topological polar surface area (TPSA) is 47.3 Å². The van der Waals surface area contributed by atoms with Crippen LogP contribution in [-0.4, -0.2) is 22.0 Å². The Hall–Kier alpha value is -3.08. The van der Waals surface area contributed by atoms with Crippen molar-refractivity contribution < 1.29 is 9.84 Å². The number of aliphatic hydroxyl groups is 1. The van der Waals surface area contributed by atoms with Gasteiger partial charge < -0.3 is 9.84 Å². The van der Waals surface area contributed by atoms with Crippen molar-refractivity contribution in [3.05, 3.63) is 101 Å². The smallest absolute Gasteiger partial charge is 0.123 e. The van der Waals surface area contributed by atoms with Gasteiger partial charge in [0.1, 0.15) is 11.9 Å². The van der Waals surface area contributed by atoms with E-state index in [1.165, 1.54) is 5.56 Å². The Balaban J connectivity index is 1.81. The Bertz CT molecular complexity index is 1100. The van der Waals surface area contributed by atoms with Gasteiger partial charge in [-0.15, -0.1) is 0 Å². The number of aromatic nitrogens is 2. The molecule has 1 unspecified atom stereocenters. The van der Waals surface area contributed by atoms with Crippen LogP contribution in [-0.2, 0) is 0 Å². The van der Waals surface area contributed by atoms with Crippen LogP contribution >= 0.6 is 11.6 Å². The predicted octanol–water partition coefficient (Wildman–Crippen LogP) is 5.59. The zero-order valence-electron chi connectivity index (χ0n) is 16.2. The summed E-state index contributed by atoms with van der Waals surface area (Å²) in [4.78, 5) is 0. The average molecular weight is 405 g/mol. The zero-order valence-corrected chi connectivity index (χ0v) is 17.0. The van der Waals surface area contributed by atoms with Crippen molar-refractivity contribution in [3.8, 4) is 22.7 Å². The Kier molecular flexibility index (Phi) is 5.38. The molecule has 1 aromatic heterocycles. The first-order valence-electron chi connectivity index (χ1n) is 9.30. The fraction of sp³-hybridized carbons (Fsp3) is 0.125. The van der Waals surface area contributed by atoms with E-state index in [9.17, 15) is 5.11 Å². The summed E-state index contributed by atoms with van der Waals surface area (Å²) in [5.41, 5.74) is 5.30. The summed E-state index contributed by atoms with van der Waals surface area (Å²) in [5, 5.41) is 16.3. The van der Waals surface area contributed by atoms with Gasteiger partial charge >= 0.3 is 0 Å². The molecular formula is C24H21ClN2O2. The Morgan fingerprint density at radius 2 is 1.59 bits per heavy atom. The molecule has 3 aromatic carbocycles. The Morgan fingerprint density at radius 1 is 0.931 bits per heavy atom. The highest BCUT2D eigenvalue weighted by atomic mass is 35.5. The molecule has 29 heavy (non-hydrogen) atoms. The molecule has 0 radical (unpaired) electrons. The predicted molar refractivity (Wildman–Crippen MR) is 116 cm³/mol. The van der Waals surface area contributed by atoms with E-state index >= 15 is 0 Å². The molecule has 1 N–H and O–H groups in total. The maximum Gasteiger partial charge on any atom is 0.123 e. The Morgan fingerprint density at radius 3 is 2.21 bits per heavy atom. The summed E-state index contributed by atoms with van der Waals surface area (Å²) in [6.45, 7) is 2.06. The van der Waals surface area contributed by atoms with Gasteiger partial charge in [0.05, 0.1) is 24.2 Å². The van der Waals surface area contributed by atoms with Gasteiger partial charge in [0, 0.05) is 10.6 Å². The summed E-state index contributed by atoms with van der Waals surface area (Å²) >= 11 is 5.98. The van der Waals surface area contributed by atoms with Crippen molar-refractivity contribution in [3.63, 3.8) is 0 Å². The summed E-state index contributed by atoms with van der Waals surface area (Å²) in [5.74, 6) is 0.777. The van der Waals surface area contributed by atoms with Crippen LogP contribution in [0.1, 0.15) is 22.9 Å². The van der Waals surface area contributed by atoms with Crippen molar-refractivity contribution in [2.24, 2.45) is 0 Å². The molecule has 0 aliphatic heterocycles. The standard InChI is InChI=1S/C24H21ClN2O2/c1-16-3-5-17(6-4-16)23-15-22(24(28)18-7-9-19(25)10-8-18)26-27(23)20-11-13-21(29-2)14-12-20/h3-15,24,28H,1-2H3. The van der Waals surface area contributed by atoms with Gasteiger partial charge in [0.2, 0.25) is 0 Å². The maximum absolute atomic E-state index is 10.9. The second-order valence-corrected chi connectivity index (χ2v) is 7.32. The number of halogens is 1. The van der Waals surface area contributed by atoms with E-state index in [1.807, 2.05) is 47.1 Å². The molecule has 5 heteroatoms. The monoisotopic (exact) mass is 404 g/mol. The van der Waals surface area contributed by atoms with Crippen molar-refractivity contribution in [1.82, 2.24) is 9.78 Å². The Labute approximate surface area is 175 Å². The van der Waals surface area contributed by atoms with Crippen LogP contribution in [0.3, 0.4) is 0 Å². The first kappa shape index (κ1) is 19.2. The number of rotatable bonds is 5. The molecule has 1 atom stereocenters. The quantitative estimate of drug-likeness (QED) is 0.471. The van der Waals surface area contributed by atoms with E-state index in [2.05, 4.69) is 31.2 Å². The highest BCUT2D eigenvalue weighted by Gasteiger charge is 2.19. The fourth-order valence-corrected chi connectivity index (χ4v) is 3.33. The van der Waals surface area contributed by atoms with Gasteiger partial charge in [-0.2, -0.15) is 5.10 Å². The number of aryl methyl sites for hydroxylation is 1. The van der Waals surface area contributed by atoms with Gasteiger partial charge in [-0.3, -0.25) is 0 Å². The van der Waals surface area contributed by atoms with Crippen molar-refractivity contribution >= 4 is 11.6 Å². The van der Waals surface area contributed by atoms with Crippen LogP contribution in [0.25, 0.3) is 16.9 Å². The minimum atomic E-state index is -0.851. The third kappa shape index (κ3) is 4.04. The molecule has 146 valence electrons. The second kappa shape index (κ2) is 8.11. The number of hydrogen-bond acceptors (Lipinski definition) is 3. The lowest BCUT2D eigenvalue weighted by atomic mass is 10.0. The van der Waals surface area contributed by atoms with Crippen molar-refractivity contribution in [2.75, 3.05) is 7.11 Å². The number of benzene rings is 3. The van der Waals surface area contributed by atoms with Crippen LogP contribution in [0.5, 0.6) is 5.75 Å². The maximum atomic E-state index is 10.9. The third-order valence-electron chi connectivity index (χ3n) is 4.86. The van der Waals surface area contributed by atoms with Gasteiger partial charge in [-0.05, 0) is 55.0 Å². The van der Waals surface area contributed by atoms with Gasteiger partial charge in [-0.1, -0.05) is 53.6 Å². The lowest BCUT2D eigenvalue weighted by Gasteiger charge is -2.09. The molecule has 0 aliphatic rings. The van der Waals surface area contributed by atoms with Crippen LogP contribution in [0.15, 0.2) is 78.9 Å². The third-order valence-corrected chi connectivity index (χ3v) is 5.11. The number of nitrogens with zero attached hydrogens (tertiary/aromatic N) is 2. The van der Waals surface area contributed by atoms with E-state index in [1.54, 1.807) is 19.2 Å². The molecule has 4 nitrogen and oxygen atoms in total. The van der Waals surface area contributed by atoms with Crippen LogP contribution in [0, 0.1) is 6.92 Å². The molecule has 1 heterocycles. The van der Waals surface area contributed by atoms with E-state index in [0.29, 0.717) is 10.7 Å². The van der Waals surface area contributed by atoms with Gasteiger partial charge in [0.15, 0.2) is 0 Å². The summed E-state index contributed by atoms with van der Waals surface area (Å²) < 4.78 is 7.11. The normalized spacial score (nSPS) is 12.0. The first-order chi connectivity index (χ1) is 14.0. The van der Waals surface area contributed by atoms with E-state index in [-0.39, 0.29) is 0 Å². The van der Waals surface area contributed by atoms with Crippen LogP contribution in [0.4, 0.5) is 0 Å². The molecule has 0 aliphatic carbocycles. The molecular weight excluding hydrogens is 384 g/mol. The second-order valence-electron chi connectivity index (χ2n) is 6.88. The average Bonchev–Trinajstić information content (AvgIpc) is 3.20. The summed E-state index contributed by atoms with van der Waals surface area (Å²) in [6.07, 6.45) is -0.851. The number of methoxy groups -OCH3 is 1. The van der Waals surface area contributed by atoms with Crippen LogP contribution < -0.4 is 4.74 Å². The van der Waals surface area contributed by atoms with Gasteiger partial charge in [0.25, 0.3) is 0 Å².